The third-order valence-electron chi connectivity index (χ3n) is 2.68. The Hall–Kier alpha value is 0.716. The van der Waals surface area contributed by atoms with Crippen molar-refractivity contribution in [3.63, 3.8) is 0 Å². The second kappa shape index (κ2) is 26.9. The van der Waals surface area contributed by atoms with Crippen LogP contribution >= 0.6 is 0 Å². The van der Waals surface area contributed by atoms with Gasteiger partial charge in [0.2, 0.25) is 0 Å². The van der Waals surface area contributed by atoms with Crippen LogP contribution in [0.25, 0.3) is 16.0 Å². The van der Waals surface area contributed by atoms with Gasteiger partial charge in [-0.25, -0.2) is 0 Å². The van der Waals surface area contributed by atoms with Crippen LogP contribution in [0.3, 0.4) is 0 Å². The molecule has 1 rings (SSSR count). The van der Waals surface area contributed by atoms with Crippen LogP contribution in [0.15, 0.2) is 16.6 Å². The molecule has 146 valence electrons. The molecule has 0 saturated carbocycles. The first-order valence-electron chi connectivity index (χ1n) is 9.21. The molecule has 0 bridgehead atoms. The summed E-state index contributed by atoms with van der Waals surface area (Å²) in [4.78, 5) is 0. The van der Waals surface area contributed by atoms with Gasteiger partial charge in [0.05, 0.1) is 0 Å². The maximum atomic E-state index is 13.1. The Labute approximate surface area is 180 Å². The van der Waals surface area contributed by atoms with Crippen LogP contribution in [-0.4, -0.2) is 53.0 Å². The third-order valence-corrected chi connectivity index (χ3v) is 6.09. The summed E-state index contributed by atoms with van der Waals surface area (Å²) in [7, 11) is 0. The number of nitrogens with zero attached hydrogens (tertiary/aromatic N) is 3. The van der Waals surface area contributed by atoms with Crippen molar-refractivity contribution >= 4 is 13.7 Å². The topological polar surface area (TPSA) is 42.3 Å². The quantitative estimate of drug-likeness (QED) is 0.284. The predicted molar refractivity (Wildman–Crippen MR) is 112 cm³/mol. The zero-order chi connectivity index (χ0) is 19.3. The standard InChI is InChI=1S/C7H10FGe.3C4H10N.Zr/c1-9(2,8)7-5-3-4-6-7;3*1-3-5-4-2;/h3,5H,4H2,1-2H3;3*3-4H2,1-2H3;/q4*-1;+4. The second-order valence-corrected chi connectivity index (χ2v) is 12.5. The molecular formula is C19H40FGeN3Zr. The van der Waals surface area contributed by atoms with Crippen LogP contribution < -0.4 is 0 Å². The van der Waals surface area contributed by atoms with Crippen molar-refractivity contribution in [1.82, 2.24) is 0 Å². The van der Waals surface area contributed by atoms with Crippen LogP contribution in [0.1, 0.15) is 48.0 Å². The van der Waals surface area contributed by atoms with E-state index in [4.69, 9.17) is 0 Å². The number of hydrogen-bond donors (Lipinski definition) is 0. The molecule has 0 heterocycles. The molecule has 1 aliphatic carbocycles. The van der Waals surface area contributed by atoms with Gasteiger partial charge in [0.1, 0.15) is 0 Å². The van der Waals surface area contributed by atoms with Gasteiger partial charge in [-0.15, -0.1) is 0 Å². The summed E-state index contributed by atoms with van der Waals surface area (Å²) in [6.45, 7) is 18.1. The Morgan fingerprint density at radius 2 is 1.16 bits per heavy atom. The average molecular weight is 493 g/mol. The molecule has 0 saturated heterocycles. The van der Waals surface area contributed by atoms with E-state index in [2.05, 4.69) is 22.0 Å². The van der Waals surface area contributed by atoms with E-state index in [0.29, 0.717) is 0 Å². The van der Waals surface area contributed by atoms with E-state index in [1.165, 1.54) is 0 Å². The number of halogens is 1. The van der Waals surface area contributed by atoms with Crippen molar-refractivity contribution in [1.29, 1.82) is 0 Å². The van der Waals surface area contributed by atoms with Crippen LogP contribution in [0.5, 0.6) is 0 Å². The fourth-order valence-corrected chi connectivity index (χ4v) is 3.66. The van der Waals surface area contributed by atoms with Crippen molar-refractivity contribution in [2.24, 2.45) is 0 Å². The largest absolute Gasteiger partial charge is 4.00 e. The van der Waals surface area contributed by atoms with E-state index < -0.39 is 13.7 Å². The Bertz CT molecular complexity index is 273. The first kappa shape index (κ1) is 33.3. The molecule has 0 fully saturated rings. The van der Waals surface area contributed by atoms with Crippen molar-refractivity contribution in [3.8, 4) is 0 Å². The minimum absolute atomic E-state index is 0. The van der Waals surface area contributed by atoms with Gasteiger partial charge in [-0.05, 0) is 0 Å². The summed E-state index contributed by atoms with van der Waals surface area (Å²) in [5.41, 5.74) is 0. The molecule has 0 radical (unpaired) electrons. The molecule has 0 spiro atoms. The SMILES string of the molecule is CC[N-]CC.CC[N-]CC.CC[N-]CC.[CH3][Ge]([CH3])([F])[C]1=[C-]CC=C1.[Zr+4]. The van der Waals surface area contributed by atoms with Gasteiger partial charge < -0.3 is 16.0 Å². The summed E-state index contributed by atoms with van der Waals surface area (Å²) in [6.07, 6.45) is 7.66. The van der Waals surface area contributed by atoms with E-state index >= 15 is 0 Å². The summed E-state index contributed by atoms with van der Waals surface area (Å²) in [5, 5.41) is 11.9. The molecule has 0 N–H and O–H groups in total. The molecule has 0 amide bonds. The first-order chi connectivity index (χ1) is 11.3. The molecule has 3 nitrogen and oxygen atoms in total. The van der Waals surface area contributed by atoms with Gasteiger partial charge in [0.25, 0.3) is 0 Å². The van der Waals surface area contributed by atoms with Crippen LogP contribution in [0, 0.1) is 6.08 Å². The van der Waals surface area contributed by atoms with Crippen molar-refractivity contribution in [2.75, 3.05) is 39.3 Å². The fourth-order valence-electron chi connectivity index (χ4n) is 1.48. The molecule has 0 aromatic carbocycles. The predicted octanol–water partition coefficient (Wildman–Crippen LogP) is 6.59. The molecule has 0 unspecified atom stereocenters. The van der Waals surface area contributed by atoms with Crippen molar-refractivity contribution in [2.45, 2.75) is 59.5 Å². The van der Waals surface area contributed by atoms with E-state index in [1.54, 1.807) is 11.5 Å². The fraction of sp³-hybridized carbons (Fsp3) is 0.789. The zero-order valence-electron chi connectivity index (χ0n) is 17.8. The minimum Gasteiger partial charge on any atom is 4.00 e. The summed E-state index contributed by atoms with van der Waals surface area (Å²) in [5.74, 6) is 3.47. The smallest absolute Gasteiger partial charge is 4.00 e. The molecule has 1 aliphatic rings. The number of rotatable bonds is 7. The van der Waals surface area contributed by atoms with Gasteiger partial charge in [0.15, 0.2) is 0 Å². The molecule has 0 aromatic heterocycles. The van der Waals surface area contributed by atoms with E-state index in [1.807, 2.05) is 53.7 Å². The molecular weight excluding hydrogens is 453 g/mol. The van der Waals surface area contributed by atoms with Crippen molar-refractivity contribution in [3.05, 3.63) is 38.6 Å². The molecule has 0 atom stereocenters. The maximum Gasteiger partial charge on any atom is 4.00 e. The summed E-state index contributed by atoms with van der Waals surface area (Å²) >= 11 is -2.96. The van der Waals surface area contributed by atoms with Crippen LogP contribution in [-0.2, 0) is 26.2 Å². The Balaban J connectivity index is -0.000000122. The number of allylic oxidation sites excluding steroid dienone is 4. The Morgan fingerprint density at radius 3 is 1.24 bits per heavy atom. The van der Waals surface area contributed by atoms with Gasteiger partial charge in [0, 0.05) is 0 Å². The Morgan fingerprint density at radius 1 is 0.840 bits per heavy atom. The van der Waals surface area contributed by atoms with Gasteiger partial charge in [-0.2, -0.15) is 39.3 Å². The van der Waals surface area contributed by atoms with E-state index in [-0.39, 0.29) is 26.2 Å². The Kier molecular flexibility index (Phi) is 35.9. The molecule has 0 aromatic rings. The monoisotopic (exact) mass is 493 g/mol. The normalized spacial score (nSPS) is 11.6. The second-order valence-electron chi connectivity index (χ2n) is 5.24. The van der Waals surface area contributed by atoms with E-state index in [9.17, 15) is 3.50 Å². The summed E-state index contributed by atoms with van der Waals surface area (Å²) < 4.78 is 14.0. The average Bonchev–Trinajstić information content (AvgIpc) is 3.06. The molecule has 6 heteroatoms. The van der Waals surface area contributed by atoms with E-state index in [0.717, 1.165) is 50.1 Å². The van der Waals surface area contributed by atoms with Gasteiger partial charge in [-0.3, -0.25) is 0 Å². The third kappa shape index (κ3) is 32.8. The molecule has 25 heavy (non-hydrogen) atoms. The van der Waals surface area contributed by atoms with Crippen molar-refractivity contribution < 1.29 is 29.7 Å². The van der Waals surface area contributed by atoms with Crippen LogP contribution in [0.2, 0.25) is 11.5 Å². The van der Waals surface area contributed by atoms with Crippen LogP contribution in [0.4, 0.5) is 3.50 Å². The molecule has 0 aliphatic heterocycles. The first-order valence-corrected chi connectivity index (χ1v) is 15.3. The minimum atomic E-state index is -2.96. The van der Waals surface area contributed by atoms with Gasteiger partial charge in [-0.1, -0.05) is 41.5 Å². The zero-order valence-corrected chi connectivity index (χ0v) is 22.4. The maximum absolute atomic E-state index is 13.1. The summed E-state index contributed by atoms with van der Waals surface area (Å²) in [6, 6.07) is 0. The van der Waals surface area contributed by atoms with Gasteiger partial charge >= 0.3 is 84.0 Å². The number of hydrogen-bond acceptors (Lipinski definition) is 0.